The first-order valence-electron chi connectivity index (χ1n) is 8.26. The molecule has 2 aromatic rings. The Morgan fingerprint density at radius 2 is 2.04 bits per heavy atom. The van der Waals surface area contributed by atoms with E-state index in [9.17, 15) is 14.5 Å². The first kappa shape index (κ1) is 17.9. The number of morpholine rings is 1. The summed E-state index contributed by atoms with van der Waals surface area (Å²) in [5.41, 5.74) is 1.91. The lowest BCUT2D eigenvalue weighted by atomic mass is 10.1. The normalized spacial score (nSPS) is 14.2. The highest BCUT2D eigenvalue weighted by atomic mass is 19.1. The minimum atomic E-state index is -0.498. The van der Waals surface area contributed by atoms with E-state index in [2.05, 4.69) is 5.32 Å². The molecular formula is C18H20FN3O4. The Morgan fingerprint density at radius 1 is 1.27 bits per heavy atom. The van der Waals surface area contributed by atoms with Crippen LogP contribution in [-0.2, 0) is 11.3 Å². The number of hydrogen-bond acceptors (Lipinski definition) is 6. The Bertz CT molecular complexity index is 794. The number of anilines is 2. The Balaban J connectivity index is 1.68. The lowest BCUT2D eigenvalue weighted by Crippen LogP contribution is -2.36. The van der Waals surface area contributed by atoms with Crippen LogP contribution in [0.5, 0.6) is 5.75 Å². The van der Waals surface area contributed by atoms with Crippen molar-refractivity contribution in [2.45, 2.75) is 6.54 Å². The fraction of sp³-hybridized carbons (Fsp3) is 0.333. The molecule has 0 spiro atoms. The predicted molar refractivity (Wildman–Crippen MR) is 96.4 cm³/mol. The summed E-state index contributed by atoms with van der Waals surface area (Å²) in [6, 6.07) is 9.66. The van der Waals surface area contributed by atoms with Gasteiger partial charge in [0, 0.05) is 37.5 Å². The monoisotopic (exact) mass is 361 g/mol. The van der Waals surface area contributed by atoms with Gasteiger partial charge in [-0.25, -0.2) is 4.39 Å². The van der Waals surface area contributed by atoms with E-state index in [0.29, 0.717) is 44.2 Å². The van der Waals surface area contributed by atoms with Crippen molar-refractivity contribution in [2.24, 2.45) is 0 Å². The second-order valence-corrected chi connectivity index (χ2v) is 5.88. The fourth-order valence-electron chi connectivity index (χ4n) is 2.86. The number of nitrogens with one attached hydrogen (secondary N) is 1. The zero-order valence-corrected chi connectivity index (χ0v) is 14.4. The van der Waals surface area contributed by atoms with E-state index >= 15 is 0 Å². The lowest BCUT2D eigenvalue weighted by Gasteiger charge is -2.29. The average Bonchev–Trinajstić information content (AvgIpc) is 2.66. The van der Waals surface area contributed by atoms with Gasteiger partial charge in [-0.2, -0.15) is 0 Å². The van der Waals surface area contributed by atoms with E-state index in [0.717, 1.165) is 5.56 Å². The van der Waals surface area contributed by atoms with Gasteiger partial charge in [-0.3, -0.25) is 10.1 Å². The number of hydrogen-bond donors (Lipinski definition) is 1. The molecule has 1 saturated heterocycles. The molecule has 0 aromatic heterocycles. The van der Waals surface area contributed by atoms with E-state index in [4.69, 9.17) is 9.47 Å². The zero-order chi connectivity index (χ0) is 18.5. The van der Waals surface area contributed by atoms with Crippen molar-refractivity contribution >= 4 is 17.1 Å². The van der Waals surface area contributed by atoms with Crippen LogP contribution >= 0.6 is 0 Å². The molecule has 1 fully saturated rings. The molecule has 138 valence electrons. The molecule has 0 unspecified atom stereocenters. The zero-order valence-electron chi connectivity index (χ0n) is 14.4. The predicted octanol–water partition coefficient (Wildman–Crippen LogP) is 3.19. The van der Waals surface area contributed by atoms with Crippen molar-refractivity contribution < 1.29 is 18.8 Å². The van der Waals surface area contributed by atoms with Crippen LogP contribution in [0.2, 0.25) is 0 Å². The van der Waals surface area contributed by atoms with Crippen LogP contribution in [0.25, 0.3) is 0 Å². The molecule has 1 N–H and O–H groups in total. The van der Waals surface area contributed by atoms with Gasteiger partial charge in [-0.05, 0) is 23.8 Å². The van der Waals surface area contributed by atoms with Gasteiger partial charge in [0.2, 0.25) is 0 Å². The summed E-state index contributed by atoms with van der Waals surface area (Å²) in [5, 5.41) is 14.0. The van der Waals surface area contributed by atoms with Gasteiger partial charge in [0.1, 0.15) is 5.82 Å². The van der Waals surface area contributed by atoms with Crippen LogP contribution in [-0.4, -0.2) is 38.3 Å². The van der Waals surface area contributed by atoms with E-state index in [1.807, 2.05) is 11.0 Å². The van der Waals surface area contributed by atoms with Crippen molar-refractivity contribution in [2.75, 3.05) is 43.6 Å². The molecule has 0 bridgehead atoms. The van der Waals surface area contributed by atoms with Gasteiger partial charge < -0.3 is 19.7 Å². The van der Waals surface area contributed by atoms with Crippen molar-refractivity contribution in [1.82, 2.24) is 0 Å². The smallest absolute Gasteiger partial charge is 0.311 e. The molecule has 26 heavy (non-hydrogen) atoms. The molecule has 1 heterocycles. The Hall–Kier alpha value is -2.87. The molecule has 1 aliphatic heterocycles. The number of nitro benzene ring substituents is 1. The van der Waals surface area contributed by atoms with E-state index in [-0.39, 0.29) is 17.3 Å². The van der Waals surface area contributed by atoms with Gasteiger partial charge in [-0.1, -0.05) is 6.07 Å². The minimum absolute atomic E-state index is 0.0982. The van der Waals surface area contributed by atoms with Crippen LogP contribution in [0.4, 0.5) is 21.5 Å². The highest BCUT2D eigenvalue weighted by Gasteiger charge is 2.16. The third-order valence-electron chi connectivity index (χ3n) is 4.24. The molecule has 8 heteroatoms. The van der Waals surface area contributed by atoms with Crippen molar-refractivity contribution in [3.63, 3.8) is 0 Å². The van der Waals surface area contributed by atoms with Gasteiger partial charge in [0.25, 0.3) is 0 Å². The molecule has 0 atom stereocenters. The number of halogens is 1. The Labute approximate surface area is 150 Å². The van der Waals surface area contributed by atoms with Crippen LogP contribution < -0.4 is 15.0 Å². The fourth-order valence-corrected chi connectivity index (χ4v) is 2.86. The second kappa shape index (κ2) is 8.01. The number of rotatable bonds is 6. The average molecular weight is 361 g/mol. The topological polar surface area (TPSA) is 76.9 Å². The van der Waals surface area contributed by atoms with Crippen LogP contribution in [0.1, 0.15) is 5.56 Å². The molecule has 2 aromatic carbocycles. The molecule has 0 saturated carbocycles. The lowest BCUT2D eigenvalue weighted by molar-refractivity contribution is -0.385. The van der Waals surface area contributed by atoms with E-state index in [1.54, 1.807) is 18.2 Å². The van der Waals surface area contributed by atoms with Crippen molar-refractivity contribution in [3.05, 3.63) is 57.9 Å². The molecule has 1 aliphatic rings. The number of benzene rings is 2. The van der Waals surface area contributed by atoms with Crippen LogP contribution in [0, 0.1) is 15.9 Å². The second-order valence-electron chi connectivity index (χ2n) is 5.88. The standard InChI is InChI=1S/C18H20FN3O4/c1-25-18-11-14(3-5-17(18)22(23)24)20-12-13-2-4-16(15(19)10-13)21-6-8-26-9-7-21/h2-5,10-11,20H,6-9,12H2,1H3. The number of methoxy groups -OCH3 is 1. The number of ether oxygens (including phenoxy) is 2. The number of nitro groups is 1. The highest BCUT2D eigenvalue weighted by Crippen LogP contribution is 2.30. The summed E-state index contributed by atoms with van der Waals surface area (Å²) in [7, 11) is 1.38. The van der Waals surface area contributed by atoms with Crippen molar-refractivity contribution in [3.8, 4) is 5.75 Å². The number of nitrogens with zero attached hydrogens (tertiary/aromatic N) is 2. The molecule has 7 nitrogen and oxygen atoms in total. The summed E-state index contributed by atoms with van der Waals surface area (Å²) in [5.74, 6) is -0.0960. The molecular weight excluding hydrogens is 341 g/mol. The van der Waals surface area contributed by atoms with Crippen molar-refractivity contribution in [1.29, 1.82) is 0 Å². The Morgan fingerprint density at radius 3 is 2.69 bits per heavy atom. The van der Waals surface area contributed by atoms with E-state index < -0.39 is 4.92 Å². The third-order valence-corrected chi connectivity index (χ3v) is 4.24. The summed E-state index contributed by atoms with van der Waals surface area (Å²) < 4.78 is 24.7. The summed E-state index contributed by atoms with van der Waals surface area (Å²) in [6.45, 7) is 2.95. The van der Waals surface area contributed by atoms with Crippen LogP contribution in [0.15, 0.2) is 36.4 Å². The summed E-state index contributed by atoms with van der Waals surface area (Å²) >= 11 is 0. The minimum Gasteiger partial charge on any atom is -0.490 e. The quantitative estimate of drug-likeness (QED) is 0.629. The highest BCUT2D eigenvalue weighted by molar-refractivity contribution is 5.58. The first-order chi connectivity index (χ1) is 12.6. The first-order valence-corrected chi connectivity index (χ1v) is 8.26. The maximum absolute atomic E-state index is 14.4. The SMILES string of the molecule is COc1cc(NCc2ccc(N3CCOCC3)c(F)c2)ccc1[N+](=O)[O-]. The maximum atomic E-state index is 14.4. The Kier molecular flexibility index (Phi) is 5.52. The molecule has 3 rings (SSSR count). The van der Waals surface area contributed by atoms with Crippen LogP contribution in [0.3, 0.4) is 0 Å². The molecule has 0 amide bonds. The van der Waals surface area contributed by atoms with Gasteiger partial charge in [0.15, 0.2) is 5.75 Å². The maximum Gasteiger partial charge on any atom is 0.311 e. The van der Waals surface area contributed by atoms with Gasteiger partial charge >= 0.3 is 5.69 Å². The van der Waals surface area contributed by atoms with E-state index in [1.165, 1.54) is 19.2 Å². The van der Waals surface area contributed by atoms with Gasteiger partial charge in [-0.15, -0.1) is 0 Å². The summed E-state index contributed by atoms with van der Waals surface area (Å²) in [4.78, 5) is 12.4. The molecule has 0 radical (unpaired) electrons. The largest absolute Gasteiger partial charge is 0.490 e. The molecule has 0 aliphatic carbocycles. The van der Waals surface area contributed by atoms with Gasteiger partial charge in [0.05, 0.1) is 30.9 Å². The third kappa shape index (κ3) is 4.02. The summed E-state index contributed by atoms with van der Waals surface area (Å²) in [6.07, 6.45) is 0.